The van der Waals surface area contributed by atoms with Gasteiger partial charge in [0.05, 0.1) is 17.7 Å². The topological polar surface area (TPSA) is 84.2 Å². The molecule has 5 heteroatoms. The van der Waals surface area contributed by atoms with Crippen LogP contribution in [-0.4, -0.2) is 24.1 Å². The summed E-state index contributed by atoms with van der Waals surface area (Å²) < 4.78 is 6.08. The number of ketones is 2. The number of hydrogen-bond acceptors (Lipinski definition) is 5. The van der Waals surface area contributed by atoms with E-state index in [4.69, 9.17) is 4.74 Å². The normalized spacial score (nSPS) is 41.6. The molecule has 0 radical (unpaired) electrons. The first-order valence-electron chi connectivity index (χ1n) is 16.1. The Morgan fingerprint density at radius 3 is 2.29 bits per heavy atom. The van der Waals surface area contributed by atoms with Gasteiger partial charge in [-0.15, -0.1) is 0 Å². The van der Waals surface area contributed by atoms with Gasteiger partial charge in [0.15, 0.2) is 5.78 Å². The largest absolute Gasteiger partial charge is 0.461 e. The number of Topliss-reactive ketones (excluding diaryl/α,β-unsaturated/α-hetero) is 2. The number of ether oxygens (including phenoxy) is 1. The minimum absolute atomic E-state index is 0.0435. The lowest BCUT2D eigenvalue weighted by Gasteiger charge is -2.70. The van der Waals surface area contributed by atoms with Gasteiger partial charge in [-0.1, -0.05) is 65.8 Å². The fraction of sp³-hybridized carbons (Fsp3) is 0.676. The molecule has 1 aromatic rings. The highest BCUT2D eigenvalue weighted by molar-refractivity contribution is 6.04. The highest BCUT2D eigenvalue weighted by Gasteiger charge is 2.70. The molecule has 0 amide bonds. The first-order chi connectivity index (χ1) is 19.7. The van der Waals surface area contributed by atoms with Crippen LogP contribution in [0.15, 0.2) is 42.0 Å². The van der Waals surface area contributed by atoms with Crippen LogP contribution < -0.4 is 0 Å². The van der Waals surface area contributed by atoms with Crippen LogP contribution in [0.1, 0.15) is 103 Å². The SMILES string of the molecule is CC1(C)CCC2(COC(=O)c3ccccc3)CCC3(C)C(C(=O)CC4C5C=C(C#N)C(=O)C(C)(C)C5CCC43C)C2C1. The van der Waals surface area contributed by atoms with Gasteiger partial charge in [0.1, 0.15) is 11.9 Å². The summed E-state index contributed by atoms with van der Waals surface area (Å²) >= 11 is 0. The smallest absolute Gasteiger partial charge is 0.338 e. The Kier molecular flexibility index (Phi) is 6.73. The molecule has 5 aliphatic rings. The van der Waals surface area contributed by atoms with Gasteiger partial charge in [0, 0.05) is 23.2 Å². The zero-order valence-corrected chi connectivity index (χ0v) is 26.3. The molecule has 8 atom stereocenters. The number of allylic oxidation sites excluding steroid dienone is 2. The van der Waals surface area contributed by atoms with Crippen molar-refractivity contribution >= 4 is 17.5 Å². The van der Waals surface area contributed by atoms with Crippen molar-refractivity contribution in [2.45, 2.75) is 92.9 Å². The number of benzene rings is 1. The minimum Gasteiger partial charge on any atom is -0.461 e. The molecule has 4 fully saturated rings. The van der Waals surface area contributed by atoms with Crippen LogP contribution in [0.5, 0.6) is 0 Å². The van der Waals surface area contributed by atoms with Crippen LogP contribution in [0.25, 0.3) is 0 Å². The number of carbonyl (C=O) groups excluding carboxylic acids is 3. The average molecular weight is 570 g/mol. The van der Waals surface area contributed by atoms with Crippen LogP contribution in [0.3, 0.4) is 0 Å². The maximum absolute atomic E-state index is 14.6. The number of hydrogen-bond donors (Lipinski definition) is 0. The molecule has 0 saturated heterocycles. The molecule has 0 heterocycles. The molecule has 4 saturated carbocycles. The summed E-state index contributed by atoms with van der Waals surface area (Å²) in [6.45, 7) is 13.9. The maximum Gasteiger partial charge on any atom is 0.338 e. The Hall–Kier alpha value is -2.74. The van der Waals surface area contributed by atoms with Gasteiger partial charge in [-0.25, -0.2) is 4.79 Å². The van der Waals surface area contributed by atoms with Gasteiger partial charge in [-0.05, 0) is 97.0 Å². The molecule has 6 rings (SSSR count). The lowest BCUT2D eigenvalue weighted by Crippen LogP contribution is -2.67. The van der Waals surface area contributed by atoms with Crippen LogP contribution in [0.4, 0.5) is 0 Å². The average Bonchev–Trinajstić information content (AvgIpc) is 2.95. The summed E-state index contributed by atoms with van der Waals surface area (Å²) in [6, 6.07) is 11.4. The number of rotatable bonds is 3. The van der Waals surface area contributed by atoms with E-state index in [1.54, 1.807) is 12.1 Å². The molecule has 5 aliphatic carbocycles. The summed E-state index contributed by atoms with van der Waals surface area (Å²) in [5.41, 5.74) is -0.0605. The number of nitrogens with zero attached hydrogens (tertiary/aromatic N) is 1. The third kappa shape index (κ3) is 4.10. The molecule has 0 aromatic heterocycles. The van der Waals surface area contributed by atoms with E-state index in [9.17, 15) is 19.6 Å². The van der Waals surface area contributed by atoms with Crippen molar-refractivity contribution in [1.82, 2.24) is 0 Å². The standard InChI is InChI=1S/C37H47NO4/c1-33(2)14-16-37(22-42-32(41)23-10-8-7-9-11-23)17-15-36(6)30(28(37)20-33)29(39)19-27-25-18-24(21-38)31(40)34(3,4)26(25)12-13-35(27,36)5/h7-11,18,25-28,30H,12-17,19-20,22H2,1-6H3. The number of esters is 1. The van der Waals surface area contributed by atoms with Gasteiger partial charge >= 0.3 is 5.97 Å². The van der Waals surface area contributed by atoms with E-state index in [2.05, 4.69) is 33.8 Å². The third-order valence-electron chi connectivity index (χ3n) is 13.6. The summed E-state index contributed by atoms with van der Waals surface area (Å²) in [7, 11) is 0. The predicted octanol–water partition coefficient (Wildman–Crippen LogP) is 7.75. The van der Waals surface area contributed by atoms with Crippen molar-refractivity contribution in [3.63, 3.8) is 0 Å². The molecule has 42 heavy (non-hydrogen) atoms. The molecular formula is C37H47NO4. The molecule has 1 aromatic carbocycles. The van der Waals surface area contributed by atoms with E-state index >= 15 is 0 Å². The molecule has 5 nitrogen and oxygen atoms in total. The van der Waals surface area contributed by atoms with Gasteiger partial charge in [-0.3, -0.25) is 9.59 Å². The lowest BCUT2D eigenvalue weighted by atomic mass is 9.34. The Bertz CT molecular complexity index is 1380. The highest BCUT2D eigenvalue weighted by atomic mass is 16.5. The summed E-state index contributed by atoms with van der Waals surface area (Å²) in [5.74, 6) is 0.465. The molecule has 0 bridgehead atoms. The van der Waals surface area contributed by atoms with E-state index in [1.165, 1.54) is 0 Å². The summed E-state index contributed by atoms with van der Waals surface area (Å²) in [6.07, 6.45) is 9.30. The second kappa shape index (κ2) is 9.63. The van der Waals surface area contributed by atoms with Crippen molar-refractivity contribution < 1.29 is 19.1 Å². The fourth-order valence-corrected chi connectivity index (χ4v) is 10.8. The van der Waals surface area contributed by atoms with Crippen LogP contribution in [0, 0.1) is 68.0 Å². The summed E-state index contributed by atoms with van der Waals surface area (Å²) in [5, 5.41) is 9.86. The van der Waals surface area contributed by atoms with Crippen molar-refractivity contribution in [3.05, 3.63) is 47.5 Å². The lowest BCUT2D eigenvalue weighted by molar-refractivity contribution is -0.214. The van der Waals surface area contributed by atoms with Gasteiger partial charge in [0.2, 0.25) is 0 Å². The minimum atomic E-state index is -0.593. The second-order valence-corrected chi connectivity index (χ2v) is 16.3. The Morgan fingerprint density at radius 2 is 1.60 bits per heavy atom. The van der Waals surface area contributed by atoms with Gasteiger partial charge < -0.3 is 4.74 Å². The zero-order chi connectivity index (χ0) is 30.3. The van der Waals surface area contributed by atoms with E-state index in [1.807, 2.05) is 38.1 Å². The Labute approximate surface area is 251 Å². The molecule has 8 unspecified atom stereocenters. The monoisotopic (exact) mass is 569 g/mol. The van der Waals surface area contributed by atoms with Crippen LogP contribution >= 0.6 is 0 Å². The number of nitriles is 1. The maximum atomic E-state index is 14.6. The molecule has 0 aliphatic heterocycles. The molecular weight excluding hydrogens is 522 g/mol. The number of carbonyl (C=O) groups is 3. The quantitative estimate of drug-likeness (QED) is 0.348. The van der Waals surface area contributed by atoms with E-state index in [0.717, 1.165) is 44.9 Å². The Morgan fingerprint density at radius 1 is 0.905 bits per heavy atom. The highest BCUT2D eigenvalue weighted by Crippen LogP contribution is 2.73. The van der Waals surface area contributed by atoms with Gasteiger partial charge in [0.25, 0.3) is 0 Å². The third-order valence-corrected chi connectivity index (χ3v) is 13.6. The van der Waals surface area contributed by atoms with Crippen molar-refractivity contribution in [2.24, 2.45) is 56.7 Å². The molecule has 224 valence electrons. The van der Waals surface area contributed by atoms with Crippen molar-refractivity contribution in [1.29, 1.82) is 5.26 Å². The van der Waals surface area contributed by atoms with Crippen LogP contribution in [-0.2, 0) is 14.3 Å². The molecule has 0 spiro atoms. The van der Waals surface area contributed by atoms with E-state index in [0.29, 0.717) is 24.4 Å². The predicted molar refractivity (Wildman–Crippen MR) is 161 cm³/mol. The van der Waals surface area contributed by atoms with Gasteiger partial charge in [-0.2, -0.15) is 5.26 Å². The van der Waals surface area contributed by atoms with E-state index < -0.39 is 5.41 Å². The number of fused-ring (bicyclic) bond motifs is 7. The first kappa shape index (κ1) is 29.3. The zero-order valence-electron chi connectivity index (χ0n) is 26.3. The summed E-state index contributed by atoms with van der Waals surface area (Å²) in [4.78, 5) is 40.8. The van der Waals surface area contributed by atoms with E-state index in [-0.39, 0.29) is 68.6 Å². The Balaban J connectivity index is 1.36. The first-order valence-corrected chi connectivity index (χ1v) is 16.1. The second-order valence-electron chi connectivity index (χ2n) is 16.3. The fourth-order valence-electron chi connectivity index (χ4n) is 10.8. The molecule has 0 N–H and O–H groups in total. The van der Waals surface area contributed by atoms with Crippen molar-refractivity contribution in [2.75, 3.05) is 6.61 Å². The van der Waals surface area contributed by atoms with Crippen molar-refractivity contribution in [3.8, 4) is 6.07 Å². The van der Waals surface area contributed by atoms with Crippen LogP contribution in [0.2, 0.25) is 0 Å².